The molecule has 2 unspecified atom stereocenters. The second-order valence-corrected chi connectivity index (χ2v) is 14.3. The molecule has 224 valence electrons. The van der Waals surface area contributed by atoms with Crippen LogP contribution in [0.15, 0.2) is 47.4 Å². The summed E-state index contributed by atoms with van der Waals surface area (Å²) in [5, 5.41) is 12.6. The van der Waals surface area contributed by atoms with E-state index in [1.807, 2.05) is 67.7 Å². The lowest BCUT2D eigenvalue weighted by molar-refractivity contribution is -0.139. The standard InChI is InChI=1S/C31H42ClN3O5S/c1-21(2)20-40-31(38)33-26(30(36)37)16-15-23-17-29-27(18-25(23)32)35(24-13-9-6-10-14-24)19-28(34(3)41(29,4)39)22-11-7-5-8-12-22/h6,9-10,13-14,17-18,21-22,26,28H,4-5,7-8,11-12,15-16,19-20H2,1-3H3,(H,33,38)(H,36,37)/t26?,28-,41?/m0/s1. The highest BCUT2D eigenvalue weighted by Crippen LogP contribution is 2.42. The molecule has 2 aliphatic rings. The molecule has 0 saturated heterocycles. The first kappa shape index (κ1) is 31.2. The number of rotatable bonds is 9. The summed E-state index contributed by atoms with van der Waals surface area (Å²) < 4.78 is 21.6. The molecule has 2 aromatic rings. The van der Waals surface area contributed by atoms with Gasteiger partial charge in [0.25, 0.3) is 0 Å². The summed E-state index contributed by atoms with van der Waals surface area (Å²) in [6.07, 6.45) is 5.34. The van der Waals surface area contributed by atoms with Gasteiger partial charge < -0.3 is 20.1 Å². The molecular formula is C31H42ClN3O5S. The lowest BCUT2D eigenvalue weighted by atomic mass is 9.83. The molecule has 2 N–H and O–H groups in total. The maximum Gasteiger partial charge on any atom is 0.407 e. The molecule has 1 heterocycles. The van der Waals surface area contributed by atoms with Crippen LogP contribution in [-0.4, -0.2) is 63.8 Å². The van der Waals surface area contributed by atoms with Gasteiger partial charge in [0.05, 0.1) is 26.9 Å². The Hall–Kier alpha value is -2.75. The Kier molecular flexibility index (Phi) is 10.3. The number of halogens is 1. The summed E-state index contributed by atoms with van der Waals surface area (Å²) in [7, 11) is -0.987. The van der Waals surface area contributed by atoms with E-state index in [2.05, 4.69) is 16.1 Å². The van der Waals surface area contributed by atoms with Crippen molar-refractivity contribution < 1.29 is 23.6 Å². The van der Waals surface area contributed by atoms with E-state index in [0.29, 0.717) is 27.9 Å². The molecule has 41 heavy (non-hydrogen) atoms. The minimum Gasteiger partial charge on any atom is -0.480 e. The van der Waals surface area contributed by atoms with Crippen LogP contribution in [0, 0.1) is 11.8 Å². The molecule has 2 aromatic carbocycles. The molecule has 1 saturated carbocycles. The van der Waals surface area contributed by atoms with Crippen LogP contribution in [0.3, 0.4) is 0 Å². The first-order chi connectivity index (χ1) is 19.5. The van der Waals surface area contributed by atoms with Gasteiger partial charge in [-0.05, 0) is 80.3 Å². The third-order valence-electron chi connectivity index (χ3n) is 8.17. The molecule has 1 aliphatic carbocycles. The van der Waals surface area contributed by atoms with E-state index in [1.165, 1.54) is 19.3 Å². The number of ether oxygens (including phenoxy) is 1. The lowest BCUT2D eigenvalue weighted by Gasteiger charge is -2.38. The van der Waals surface area contributed by atoms with E-state index in [0.717, 1.165) is 24.2 Å². The highest BCUT2D eigenvalue weighted by molar-refractivity contribution is 7.98. The minimum atomic E-state index is -2.90. The van der Waals surface area contributed by atoms with Crippen LogP contribution in [0.25, 0.3) is 0 Å². The molecule has 3 atom stereocenters. The van der Waals surface area contributed by atoms with Crippen molar-refractivity contribution in [2.75, 3.05) is 25.1 Å². The second-order valence-electron chi connectivity index (χ2n) is 11.6. The Morgan fingerprint density at radius 1 is 1.17 bits per heavy atom. The molecule has 0 bridgehead atoms. The van der Waals surface area contributed by atoms with Crippen molar-refractivity contribution in [3.8, 4) is 0 Å². The number of aryl methyl sites for hydroxylation is 1. The number of fused-ring (bicyclic) bond motifs is 1. The lowest BCUT2D eigenvalue weighted by Crippen LogP contribution is -2.46. The van der Waals surface area contributed by atoms with Crippen molar-refractivity contribution in [3.05, 3.63) is 53.1 Å². The van der Waals surface area contributed by atoms with Crippen LogP contribution in [-0.2, 0) is 25.7 Å². The van der Waals surface area contributed by atoms with Crippen molar-refractivity contribution in [1.29, 1.82) is 0 Å². The molecule has 4 rings (SSSR count). The van der Waals surface area contributed by atoms with Crippen molar-refractivity contribution in [2.45, 2.75) is 75.8 Å². The van der Waals surface area contributed by atoms with Gasteiger partial charge in [0.15, 0.2) is 0 Å². The number of alkyl carbamates (subject to hydrolysis) is 1. The minimum absolute atomic E-state index is 0.0348. The van der Waals surface area contributed by atoms with E-state index in [1.54, 1.807) is 0 Å². The average molecular weight is 604 g/mol. The number of carboxylic acids is 1. The van der Waals surface area contributed by atoms with Gasteiger partial charge >= 0.3 is 12.1 Å². The smallest absolute Gasteiger partial charge is 0.407 e. The van der Waals surface area contributed by atoms with E-state index in [4.69, 9.17) is 16.3 Å². The zero-order chi connectivity index (χ0) is 29.7. The number of benzene rings is 2. The maximum atomic E-state index is 14.6. The van der Waals surface area contributed by atoms with E-state index in [-0.39, 0.29) is 31.4 Å². The number of hydrogen-bond donors (Lipinski definition) is 2. The Morgan fingerprint density at radius 3 is 2.49 bits per heavy atom. The van der Waals surface area contributed by atoms with Crippen LogP contribution >= 0.6 is 11.6 Å². The Bertz CT molecular complexity index is 1330. The van der Waals surface area contributed by atoms with Gasteiger partial charge in [-0.2, -0.15) is 0 Å². The van der Waals surface area contributed by atoms with Gasteiger partial charge in [0, 0.05) is 23.3 Å². The number of amides is 1. The molecule has 8 nitrogen and oxygen atoms in total. The summed E-state index contributed by atoms with van der Waals surface area (Å²) in [6.45, 7) is 4.65. The zero-order valence-corrected chi connectivity index (χ0v) is 25.8. The summed E-state index contributed by atoms with van der Waals surface area (Å²) in [6, 6.07) is 12.6. The van der Waals surface area contributed by atoms with Gasteiger partial charge in [0.2, 0.25) is 0 Å². The molecule has 1 aliphatic heterocycles. The fourth-order valence-corrected chi connectivity index (χ4v) is 7.88. The van der Waals surface area contributed by atoms with E-state index in [9.17, 15) is 18.9 Å². The number of para-hydroxylation sites is 1. The molecule has 1 amide bonds. The first-order valence-electron chi connectivity index (χ1n) is 14.4. The summed E-state index contributed by atoms with van der Waals surface area (Å²) in [4.78, 5) is 26.8. The van der Waals surface area contributed by atoms with Gasteiger partial charge in [-0.25, -0.2) is 18.1 Å². The van der Waals surface area contributed by atoms with Crippen molar-refractivity contribution in [1.82, 2.24) is 9.62 Å². The zero-order valence-electron chi connectivity index (χ0n) is 24.2. The third-order valence-corrected chi connectivity index (χ3v) is 10.7. The summed E-state index contributed by atoms with van der Waals surface area (Å²) in [5.74, 6) is 3.64. The summed E-state index contributed by atoms with van der Waals surface area (Å²) >= 11 is 6.82. The van der Waals surface area contributed by atoms with E-state index < -0.39 is 27.8 Å². The van der Waals surface area contributed by atoms with Crippen LogP contribution in [0.1, 0.15) is 57.9 Å². The van der Waals surface area contributed by atoms with Gasteiger partial charge in [-0.1, -0.05) is 62.9 Å². The SMILES string of the molecule is C=S1(=O)c2cc(CCC(NC(=O)OCC(C)C)C(=O)O)c(Cl)cc2N(c2ccccc2)C[C@@H](C2CCCCC2)N1C. The number of likely N-dealkylation sites (N-methyl/N-ethyl adjacent to an activating group) is 1. The fraction of sp³-hybridized carbons (Fsp3) is 0.516. The maximum absolute atomic E-state index is 14.6. The second kappa shape index (κ2) is 13.5. The van der Waals surface area contributed by atoms with Gasteiger partial charge in [0.1, 0.15) is 6.04 Å². The normalized spacial score (nSPS) is 22.6. The first-order valence-corrected chi connectivity index (χ1v) is 16.5. The van der Waals surface area contributed by atoms with Crippen LogP contribution in [0.4, 0.5) is 16.2 Å². The molecular weight excluding hydrogens is 562 g/mol. The number of anilines is 2. The highest BCUT2D eigenvalue weighted by atomic mass is 35.5. The Labute approximate surface area is 249 Å². The molecule has 0 spiro atoms. The predicted molar refractivity (Wildman–Crippen MR) is 166 cm³/mol. The monoisotopic (exact) mass is 603 g/mol. The number of carbonyl (C=O) groups is 2. The van der Waals surface area contributed by atoms with Crippen molar-refractivity contribution >= 4 is 50.6 Å². The van der Waals surface area contributed by atoms with Crippen molar-refractivity contribution in [3.63, 3.8) is 0 Å². The number of carboxylic acid groups (broad SMARTS) is 1. The average Bonchev–Trinajstić information content (AvgIpc) is 3.03. The number of aliphatic carboxylic acids is 1. The summed E-state index contributed by atoms with van der Waals surface area (Å²) in [5.41, 5.74) is 2.39. The molecule has 0 aromatic heterocycles. The number of nitrogens with zero attached hydrogens (tertiary/aromatic N) is 2. The van der Waals surface area contributed by atoms with Gasteiger partial charge in [-0.15, -0.1) is 0 Å². The van der Waals surface area contributed by atoms with E-state index >= 15 is 0 Å². The number of nitrogens with one attached hydrogen (secondary N) is 1. The van der Waals surface area contributed by atoms with Crippen molar-refractivity contribution in [2.24, 2.45) is 11.8 Å². The van der Waals surface area contributed by atoms with Gasteiger partial charge in [-0.3, -0.25) is 0 Å². The molecule has 1 fully saturated rings. The third kappa shape index (κ3) is 7.37. The fourth-order valence-electron chi connectivity index (χ4n) is 5.82. The number of carbonyl (C=O) groups excluding carboxylic acids is 1. The molecule has 0 radical (unpaired) electrons. The Morgan fingerprint density at radius 2 is 1.85 bits per heavy atom. The van der Waals surface area contributed by atoms with Crippen LogP contribution in [0.2, 0.25) is 5.02 Å². The highest BCUT2D eigenvalue weighted by Gasteiger charge is 2.38. The van der Waals surface area contributed by atoms with Crippen LogP contribution < -0.4 is 10.2 Å². The quantitative estimate of drug-likeness (QED) is 0.335. The van der Waals surface area contributed by atoms with Crippen LogP contribution in [0.5, 0.6) is 0 Å². The Balaban J connectivity index is 1.67. The topological polar surface area (TPSA) is 99.2 Å². The number of hydrogen-bond acceptors (Lipinski definition) is 5. The predicted octanol–water partition coefficient (Wildman–Crippen LogP) is 6.13. The largest absolute Gasteiger partial charge is 0.480 e. The molecule has 10 heteroatoms.